The van der Waals surface area contributed by atoms with E-state index in [2.05, 4.69) is 0 Å². The highest BCUT2D eigenvalue weighted by atomic mass is 16.6. The lowest BCUT2D eigenvalue weighted by Gasteiger charge is -2.31. The number of carbonyl (C=O) groups is 4. The Hall–Kier alpha value is -2.94. The molecule has 4 rings (SSSR count). The summed E-state index contributed by atoms with van der Waals surface area (Å²) in [6.45, 7) is 5.96. The van der Waals surface area contributed by atoms with E-state index < -0.39 is 18.2 Å². The van der Waals surface area contributed by atoms with Crippen molar-refractivity contribution in [1.82, 2.24) is 14.7 Å². The lowest BCUT2D eigenvalue weighted by atomic mass is 10.0. The number of hydrogen-bond acceptors (Lipinski definition) is 6. The van der Waals surface area contributed by atoms with E-state index in [4.69, 9.17) is 9.47 Å². The van der Waals surface area contributed by atoms with Gasteiger partial charge in [0.2, 0.25) is 0 Å². The zero-order valence-corrected chi connectivity index (χ0v) is 19.1. The molecule has 9 heteroatoms. The van der Waals surface area contributed by atoms with Gasteiger partial charge in [0.25, 0.3) is 11.8 Å². The molecule has 33 heavy (non-hydrogen) atoms. The van der Waals surface area contributed by atoms with Gasteiger partial charge in [-0.3, -0.25) is 14.4 Å². The van der Waals surface area contributed by atoms with Crippen LogP contribution in [0.2, 0.25) is 0 Å². The molecule has 3 amide bonds. The first-order chi connectivity index (χ1) is 15.9. The molecule has 1 aromatic carbocycles. The first kappa shape index (κ1) is 23.2. The first-order valence-electron chi connectivity index (χ1n) is 11.6. The molecule has 3 atom stereocenters. The maximum absolute atomic E-state index is 13.5. The summed E-state index contributed by atoms with van der Waals surface area (Å²) < 4.78 is 10.9. The van der Waals surface area contributed by atoms with Gasteiger partial charge in [-0.25, -0.2) is 4.79 Å². The molecule has 0 N–H and O–H groups in total. The predicted octanol–water partition coefficient (Wildman–Crippen LogP) is 1.56. The number of rotatable bonds is 5. The minimum absolute atomic E-state index is 0.0186. The predicted molar refractivity (Wildman–Crippen MR) is 119 cm³/mol. The number of amides is 3. The second-order valence-corrected chi connectivity index (χ2v) is 9.20. The second kappa shape index (κ2) is 9.91. The molecule has 3 saturated heterocycles. The quantitative estimate of drug-likeness (QED) is 0.666. The third kappa shape index (κ3) is 4.88. The zero-order valence-electron chi connectivity index (χ0n) is 19.1. The lowest BCUT2D eigenvalue weighted by Crippen LogP contribution is -2.50. The third-order valence-corrected chi connectivity index (χ3v) is 6.46. The largest absolute Gasteiger partial charge is 0.436 e. The van der Waals surface area contributed by atoms with Crippen LogP contribution in [0.5, 0.6) is 0 Å². The summed E-state index contributed by atoms with van der Waals surface area (Å²) in [5.74, 6) is -0.605. The van der Waals surface area contributed by atoms with Crippen LogP contribution in [-0.2, 0) is 19.1 Å². The van der Waals surface area contributed by atoms with Gasteiger partial charge in [-0.1, -0.05) is 32.0 Å². The second-order valence-electron chi connectivity index (χ2n) is 9.20. The van der Waals surface area contributed by atoms with Crippen molar-refractivity contribution in [2.45, 2.75) is 44.9 Å². The van der Waals surface area contributed by atoms with E-state index in [9.17, 15) is 19.2 Å². The first-order valence-corrected chi connectivity index (χ1v) is 11.6. The van der Waals surface area contributed by atoms with Gasteiger partial charge in [0.05, 0.1) is 25.8 Å². The van der Waals surface area contributed by atoms with Crippen LogP contribution in [0.4, 0.5) is 4.79 Å². The van der Waals surface area contributed by atoms with E-state index in [-0.39, 0.29) is 36.1 Å². The van der Waals surface area contributed by atoms with Crippen molar-refractivity contribution in [3.8, 4) is 0 Å². The molecule has 0 aliphatic carbocycles. The molecular formula is C24H31N3O6. The normalized spacial score (nSPS) is 23.6. The maximum atomic E-state index is 13.5. The molecule has 178 valence electrons. The standard InChI is InChI=1S/C24H31N3O6/c1-16(2)14-20(33-24(31)25-10-12-32-13-11-25)23(30)26-9-8-18-21(26)19(28)15-27(18)22(29)17-6-4-3-5-7-17/h3-7,16,18,20-21H,8-15H2,1-2H3/t18?,20-,21?/m0/s1. The lowest BCUT2D eigenvalue weighted by molar-refractivity contribution is -0.145. The van der Waals surface area contributed by atoms with Gasteiger partial charge in [-0.2, -0.15) is 0 Å². The fourth-order valence-electron chi connectivity index (χ4n) is 4.84. The molecular weight excluding hydrogens is 426 g/mol. The molecule has 3 aliphatic rings. The van der Waals surface area contributed by atoms with E-state index in [0.29, 0.717) is 51.3 Å². The topological polar surface area (TPSA) is 96.5 Å². The summed E-state index contributed by atoms with van der Waals surface area (Å²) in [5, 5.41) is 0. The van der Waals surface area contributed by atoms with E-state index >= 15 is 0 Å². The van der Waals surface area contributed by atoms with Crippen molar-refractivity contribution in [3.63, 3.8) is 0 Å². The number of likely N-dealkylation sites (tertiary alicyclic amines) is 2. The molecule has 0 bridgehead atoms. The number of ketones is 1. The third-order valence-electron chi connectivity index (χ3n) is 6.46. The molecule has 1 aromatic rings. The highest BCUT2D eigenvalue weighted by molar-refractivity contribution is 6.02. The molecule has 3 heterocycles. The van der Waals surface area contributed by atoms with Crippen LogP contribution in [0.1, 0.15) is 37.0 Å². The number of ether oxygens (including phenoxy) is 2. The van der Waals surface area contributed by atoms with Crippen molar-refractivity contribution in [1.29, 1.82) is 0 Å². The van der Waals surface area contributed by atoms with Gasteiger partial charge in [0, 0.05) is 25.2 Å². The fourth-order valence-corrected chi connectivity index (χ4v) is 4.84. The van der Waals surface area contributed by atoms with Gasteiger partial charge < -0.3 is 24.2 Å². The Kier molecular flexibility index (Phi) is 6.97. The maximum Gasteiger partial charge on any atom is 0.410 e. The van der Waals surface area contributed by atoms with Crippen LogP contribution >= 0.6 is 0 Å². The van der Waals surface area contributed by atoms with E-state index in [1.54, 1.807) is 29.2 Å². The van der Waals surface area contributed by atoms with Crippen molar-refractivity contribution >= 4 is 23.7 Å². The monoisotopic (exact) mass is 457 g/mol. The number of morpholine rings is 1. The smallest absolute Gasteiger partial charge is 0.410 e. The molecule has 0 spiro atoms. The summed E-state index contributed by atoms with van der Waals surface area (Å²) >= 11 is 0. The average Bonchev–Trinajstić information content (AvgIpc) is 3.40. The van der Waals surface area contributed by atoms with Crippen LogP contribution in [0.25, 0.3) is 0 Å². The number of fused-ring (bicyclic) bond motifs is 1. The van der Waals surface area contributed by atoms with E-state index in [1.807, 2.05) is 19.9 Å². The summed E-state index contributed by atoms with van der Waals surface area (Å²) in [6.07, 6.45) is -0.617. The van der Waals surface area contributed by atoms with Gasteiger partial charge >= 0.3 is 6.09 Å². The number of carbonyl (C=O) groups excluding carboxylic acids is 4. The number of hydrogen-bond donors (Lipinski definition) is 0. The number of Topliss-reactive ketones (excluding diaryl/α,β-unsaturated/α-hetero) is 1. The Labute approximate surface area is 193 Å². The van der Waals surface area contributed by atoms with Crippen molar-refractivity contribution < 1.29 is 28.7 Å². The number of benzene rings is 1. The van der Waals surface area contributed by atoms with Crippen molar-refractivity contribution in [3.05, 3.63) is 35.9 Å². The van der Waals surface area contributed by atoms with Crippen molar-refractivity contribution in [2.75, 3.05) is 39.4 Å². The number of nitrogens with zero attached hydrogens (tertiary/aromatic N) is 3. The van der Waals surface area contributed by atoms with Gasteiger partial charge in [-0.05, 0) is 30.9 Å². The highest BCUT2D eigenvalue weighted by Gasteiger charge is 2.52. The molecule has 3 fully saturated rings. The molecule has 0 saturated carbocycles. The van der Waals surface area contributed by atoms with Gasteiger partial charge in [0.1, 0.15) is 6.04 Å². The Morgan fingerprint density at radius 2 is 1.76 bits per heavy atom. The minimum Gasteiger partial charge on any atom is -0.436 e. The Morgan fingerprint density at radius 1 is 1.06 bits per heavy atom. The SMILES string of the molecule is CC(C)C[C@H](OC(=O)N1CCOCC1)C(=O)N1CCC2C1C(=O)CN2C(=O)c1ccccc1. The average molecular weight is 458 g/mol. The van der Waals surface area contributed by atoms with Gasteiger partial charge in [0.15, 0.2) is 11.9 Å². The van der Waals surface area contributed by atoms with Crippen LogP contribution in [0, 0.1) is 5.92 Å². The molecule has 0 radical (unpaired) electrons. The van der Waals surface area contributed by atoms with E-state index in [1.165, 1.54) is 9.80 Å². The Balaban J connectivity index is 1.47. The zero-order chi connectivity index (χ0) is 23.5. The van der Waals surface area contributed by atoms with Crippen LogP contribution in [-0.4, -0.2) is 96.0 Å². The van der Waals surface area contributed by atoms with Crippen LogP contribution < -0.4 is 0 Å². The Morgan fingerprint density at radius 3 is 2.42 bits per heavy atom. The molecule has 0 aromatic heterocycles. The molecule has 9 nitrogen and oxygen atoms in total. The summed E-state index contributed by atoms with van der Waals surface area (Å²) in [6, 6.07) is 7.80. The fraction of sp³-hybridized carbons (Fsp3) is 0.583. The summed E-state index contributed by atoms with van der Waals surface area (Å²) in [4.78, 5) is 56.7. The van der Waals surface area contributed by atoms with E-state index in [0.717, 1.165) is 0 Å². The van der Waals surface area contributed by atoms with Crippen LogP contribution in [0.3, 0.4) is 0 Å². The van der Waals surface area contributed by atoms with Gasteiger partial charge in [-0.15, -0.1) is 0 Å². The van der Waals surface area contributed by atoms with Crippen LogP contribution in [0.15, 0.2) is 30.3 Å². The Bertz CT molecular complexity index is 899. The molecule has 3 aliphatic heterocycles. The minimum atomic E-state index is -0.967. The highest BCUT2D eigenvalue weighted by Crippen LogP contribution is 2.32. The van der Waals surface area contributed by atoms with Crippen molar-refractivity contribution in [2.24, 2.45) is 5.92 Å². The summed E-state index contributed by atoms with van der Waals surface area (Å²) in [7, 11) is 0. The summed E-state index contributed by atoms with van der Waals surface area (Å²) in [5.41, 5.74) is 0.521. The molecule has 2 unspecified atom stereocenters.